The monoisotopic (exact) mass is 382 g/mol. The Morgan fingerprint density at radius 3 is 2.31 bits per heavy atom. The van der Waals surface area contributed by atoms with Crippen molar-refractivity contribution >= 4 is 10.9 Å². The van der Waals surface area contributed by atoms with Crippen LogP contribution in [0.5, 0.6) is 0 Å². The van der Waals surface area contributed by atoms with Gasteiger partial charge in [0.15, 0.2) is 0 Å². The van der Waals surface area contributed by atoms with Gasteiger partial charge in [-0.1, -0.05) is 66.7 Å². The van der Waals surface area contributed by atoms with Crippen LogP contribution in [0, 0.1) is 0 Å². The molecule has 1 aliphatic rings. The van der Waals surface area contributed by atoms with Crippen molar-refractivity contribution in [2.75, 3.05) is 6.61 Å². The average Bonchev–Trinajstić information content (AvgIpc) is 3.30. The number of fused-ring (bicyclic) bond motifs is 1. The molecule has 0 aliphatic carbocycles. The van der Waals surface area contributed by atoms with Gasteiger partial charge in [-0.2, -0.15) is 0 Å². The minimum atomic E-state index is -0.00626. The standard InChI is InChI=1S/C25H22N2O2/c28-25-22-10-4-5-11-23(22)26-24(27(25)17-21-9-6-16-29-21)20-14-12-19(13-15-20)18-7-2-1-3-8-18/h1-5,7-8,10-15,21H,6,9,16-17H2/t21-/m0/s1. The molecule has 5 rings (SSSR count). The number of ether oxygens (including phenoxy) is 1. The topological polar surface area (TPSA) is 44.1 Å². The van der Waals surface area contributed by atoms with Gasteiger partial charge in [0.1, 0.15) is 5.82 Å². The van der Waals surface area contributed by atoms with E-state index in [0.717, 1.165) is 36.1 Å². The lowest BCUT2D eigenvalue weighted by molar-refractivity contribution is 0.0965. The quantitative estimate of drug-likeness (QED) is 0.504. The highest BCUT2D eigenvalue weighted by Crippen LogP contribution is 2.25. The molecule has 1 fully saturated rings. The number of nitrogens with zero attached hydrogens (tertiary/aromatic N) is 2. The fourth-order valence-corrected chi connectivity index (χ4v) is 3.99. The van der Waals surface area contributed by atoms with Crippen LogP contribution in [0.25, 0.3) is 33.4 Å². The minimum absolute atomic E-state index is 0.00626. The summed E-state index contributed by atoms with van der Waals surface area (Å²) in [5.74, 6) is 0.698. The molecule has 4 aromatic rings. The van der Waals surface area contributed by atoms with Crippen molar-refractivity contribution in [3.05, 3.63) is 89.2 Å². The van der Waals surface area contributed by atoms with Crippen molar-refractivity contribution in [3.63, 3.8) is 0 Å². The van der Waals surface area contributed by atoms with E-state index >= 15 is 0 Å². The molecule has 3 aromatic carbocycles. The van der Waals surface area contributed by atoms with Crippen molar-refractivity contribution in [2.45, 2.75) is 25.5 Å². The van der Waals surface area contributed by atoms with Gasteiger partial charge in [0.25, 0.3) is 5.56 Å². The highest BCUT2D eigenvalue weighted by molar-refractivity contribution is 5.80. The van der Waals surface area contributed by atoms with Gasteiger partial charge in [0, 0.05) is 12.2 Å². The van der Waals surface area contributed by atoms with Crippen molar-refractivity contribution in [3.8, 4) is 22.5 Å². The lowest BCUT2D eigenvalue weighted by Gasteiger charge is -2.17. The third-order valence-corrected chi connectivity index (χ3v) is 5.52. The molecule has 0 spiro atoms. The van der Waals surface area contributed by atoms with Gasteiger partial charge < -0.3 is 4.74 Å². The molecule has 1 atom stereocenters. The molecule has 4 nitrogen and oxygen atoms in total. The lowest BCUT2D eigenvalue weighted by Crippen LogP contribution is -2.28. The summed E-state index contributed by atoms with van der Waals surface area (Å²) in [6, 6.07) is 26.1. The fourth-order valence-electron chi connectivity index (χ4n) is 3.99. The molecule has 0 bridgehead atoms. The van der Waals surface area contributed by atoms with Gasteiger partial charge in [-0.15, -0.1) is 0 Å². The Kier molecular flexibility index (Phi) is 4.70. The maximum Gasteiger partial charge on any atom is 0.261 e. The van der Waals surface area contributed by atoms with E-state index < -0.39 is 0 Å². The highest BCUT2D eigenvalue weighted by Gasteiger charge is 2.20. The van der Waals surface area contributed by atoms with E-state index in [1.54, 1.807) is 4.57 Å². The molecule has 0 N–H and O–H groups in total. The molecule has 144 valence electrons. The van der Waals surface area contributed by atoms with Crippen LogP contribution in [0.4, 0.5) is 0 Å². The number of rotatable bonds is 4. The van der Waals surface area contributed by atoms with Crippen molar-refractivity contribution < 1.29 is 4.74 Å². The second-order valence-electron chi connectivity index (χ2n) is 7.45. The first-order chi connectivity index (χ1) is 14.3. The van der Waals surface area contributed by atoms with Gasteiger partial charge in [0.2, 0.25) is 0 Å². The Balaban J connectivity index is 1.62. The normalized spacial score (nSPS) is 16.3. The third-order valence-electron chi connectivity index (χ3n) is 5.52. The summed E-state index contributed by atoms with van der Waals surface area (Å²) in [6.45, 7) is 1.30. The maximum absolute atomic E-state index is 13.3. The van der Waals surface area contributed by atoms with Crippen LogP contribution in [0.15, 0.2) is 83.7 Å². The van der Waals surface area contributed by atoms with Crippen LogP contribution in [-0.4, -0.2) is 22.3 Å². The van der Waals surface area contributed by atoms with E-state index in [1.807, 2.05) is 54.6 Å². The van der Waals surface area contributed by atoms with Crippen molar-refractivity contribution in [2.24, 2.45) is 0 Å². The first kappa shape index (κ1) is 17.8. The van der Waals surface area contributed by atoms with Crippen LogP contribution in [0.3, 0.4) is 0 Å². The van der Waals surface area contributed by atoms with E-state index in [9.17, 15) is 4.79 Å². The highest BCUT2D eigenvalue weighted by atomic mass is 16.5. The second kappa shape index (κ2) is 7.64. The smallest absolute Gasteiger partial charge is 0.261 e. The average molecular weight is 382 g/mol. The van der Waals surface area contributed by atoms with Gasteiger partial charge in [-0.05, 0) is 36.1 Å². The fraction of sp³-hybridized carbons (Fsp3) is 0.200. The van der Waals surface area contributed by atoms with E-state index in [4.69, 9.17) is 9.72 Å². The molecule has 0 amide bonds. The first-order valence-corrected chi connectivity index (χ1v) is 10.1. The van der Waals surface area contributed by atoms with Gasteiger partial charge in [-0.25, -0.2) is 4.98 Å². The van der Waals surface area contributed by atoms with Crippen molar-refractivity contribution in [1.29, 1.82) is 0 Å². The first-order valence-electron chi connectivity index (χ1n) is 10.1. The lowest BCUT2D eigenvalue weighted by atomic mass is 10.0. The molecule has 1 aromatic heterocycles. The van der Waals surface area contributed by atoms with Crippen LogP contribution < -0.4 is 5.56 Å². The van der Waals surface area contributed by atoms with Crippen LogP contribution in [-0.2, 0) is 11.3 Å². The van der Waals surface area contributed by atoms with E-state index in [0.29, 0.717) is 17.8 Å². The molecule has 29 heavy (non-hydrogen) atoms. The van der Waals surface area contributed by atoms with Gasteiger partial charge >= 0.3 is 0 Å². The molecule has 1 aliphatic heterocycles. The summed E-state index contributed by atoms with van der Waals surface area (Å²) in [7, 11) is 0. The summed E-state index contributed by atoms with van der Waals surface area (Å²) in [6.07, 6.45) is 2.09. The molecular formula is C25H22N2O2. The molecule has 0 saturated carbocycles. The minimum Gasteiger partial charge on any atom is -0.376 e. The summed E-state index contributed by atoms with van der Waals surface area (Å²) < 4.78 is 7.59. The summed E-state index contributed by atoms with van der Waals surface area (Å²) in [5, 5.41) is 0.648. The van der Waals surface area contributed by atoms with Gasteiger partial charge in [0.05, 0.1) is 23.6 Å². The molecule has 2 heterocycles. The Bertz CT molecular complexity index is 1190. The number of benzene rings is 3. The van der Waals surface area contributed by atoms with Crippen LogP contribution in [0.2, 0.25) is 0 Å². The second-order valence-corrected chi connectivity index (χ2v) is 7.45. The van der Waals surface area contributed by atoms with E-state index in [2.05, 4.69) is 24.3 Å². The van der Waals surface area contributed by atoms with Crippen LogP contribution >= 0.6 is 0 Å². The Labute approximate surface area is 169 Å². The Morgan fingerprint density at radius 1 is 0.862 bits per heavy atom. The van der Waals surface area contributed by atoms with E-state index in [1.165, 1.54) is 5.56 Å². The zero-order chi connectivity index (χ0) is 19.6. The zero-order valence-electron chi connectivity index (χ0n) is 16.1. The Hall–Kier alpha value is -3.24. The zero-order valence-corrected chi connectivity index (χ0v) is 16.1. The van der Waals surface area contributed by atoms with Gasteiger partial charge in [-0.3, -0.25) is 9.36 Å². The summed E-state index contributed by atoms with van der Waals surface area (Å²) in [4.78, 5) is 18.1. The Morgan fingerprint density at radius 2 is 1.55 bits per heavy atom. The predicted molar refractivity (Wildman–Crippen MR) is 116 cm³/mol. The number of hydrogen-bond acceptors (Lipinski definition) is 3. The number of aromatic nitrogens is 2. The molecule has 4 heteroatoms. The molecular weight excluding hydrogens is 360 g/mol. The van der Waals surface area contributed by atoms with Crippen molar-refractivity contribution in [1.82, 2.24) is 9.55 Å². The third kappa shape index (κ3) is 3.47. The molecule has 1 saturated heterocycles. The largest absolute Gasteiger partial charge is 0.376 e. The summed E-state index contributed by atoms with van der Waals surface area (Å²) >= 11 is 0. The SMILES string of the molecule is O=c1c2ccccc2nc(-c2ccc(-c3ccccc3)cc2)n1C[C@@H]1CCCO1. The molecule has 0 radical (unpaired) electrons. The number of para-hydroxylation sites is 1. The molecule has 0 unspecified atom stereocenters. The predicted octanol–water partition coefficient (Wildman–Crippen LogP) is 4.91. The number of hydrogen-bond donors (Lipinski definition) is 0. The van der Waals surface area contributed by atoms with E-state index in [-0.39, 0.29) is 11.7 Å². The van der Waals surface area contributed by atoms with Crippen LogP contribution in [0.1, 0.15) is 12.8 Å². The summed E-state index contributed by atoms with van der Waals surface area (Å²) in [5.41, 5.74) is 3.97. The maximum atomic E-state index is 13.3.